The lowest BCUT2D eigenvalue weighted by Crippen LogP contribution is -2.49. The maximum absolute atomic E-state index is 14.3. The maximum Gasteiger partial charge on any atom is 0.257 e. The number of carbonyl (C=O) groups is 1. The van der Waals surface area contributed by atoms with Gasteiger partial charge in [0.25, 0.3) is 5.91 Å². The highest BCUT2D eigenvalue weighted by Crippen LogP contribution is 2.28. The minimum atomic E-state index is -0.798. The molecule has 6 nitrogen and oxygen atoms in total. The molecule has 1 aliphatic rings. The summed E-state index contributed by atoms with van der Waals surface area (Å²) in [6, 6.07) is 9.47. The monoisotopic (exact) mass is 425 g/mol. The summed E-state index contributed by atoms with van der Waals surface area (Å²) in [7, 11) is 1.62. The first-order chi connectivity index (χ1) is 14.9. The van der Waals surface area contributed by atoms with Crippen LogP contribution in [0.2, 0.25) is 0 Å². The zero-order valence-electron chi connectivity index (χ0n) is 16.6. The van der Waals surface area contributed by atoms with Crippen LogP contribution in [-0.2, 0) is 7.05 Å². The Morgan fingerprint density at radius 3 is 2.48 bits per heavy atom. The van der Waals surface area contributed by atoms with Crippen LogP contribution in [0.5, 0.6) is 0 Å². The molecule has 1 aromatic heterocycles. The van der Waals surface area contributed by atoms with Gasteiger partial charge in [-0.3, -0.25) is 9.48 Å². The number of aromatic nitrogens is 2. The first-order valence-corrected chi connectivity index (χ1v) is 9.61. The molecule has 0 bridgehead atoms. The van der Waals surface area contributed by atoms with Crippen LogP contribution >= 0.6 is 0 Å². The summed E-state index contributed by atoms with van der Waals surface area (Å²) >= 11 is 0. The Kier molecular flexibility index (Phi) is 5.38. The van der Waals surface area contributed by atoms with Gasteiger partial charge in [-0.05, 0) is 24.3 Å². The molecule has 0 N–H and O–H groups in total. The molecule has 0 atom stereocenters. The van der Waals surface area contributed by atoms with Crippen LogP contribution in [0, 0.1) is 28.8 Å². The van der Waals surface area contributed by atoms with Gasteiger partial charge in [-0.2, -0.15) is 10.4 Å². The Morgan fingerprint density at radius 1 is 1.06 bits per heavy atom. The second kappa shape index (κ2) is 8.14. The molecule has 1 amide bonds. The molecule has 4 rings (SSSR count). The van der Waals surface area contributed by atoms with E-state index in [0.29, 0.717) is 31.9 Å². The van der Waals surface area contributed by atoms with Gasteiger partial charge in [-0.25, -0.2) is 13.2 Å². The topological polar surface area (TPSA) is 65.2 Å². The zero-order valence-corrected chi connectivity index (χ0v) is 16.6. The van der Waals surface area contributed by atoms with Crippen LogP contribution in [-0.4, -0.2) is 46.8 Å². The van der Waals surface area contributed by atoms with E-state index in [1.165, 1.54) is 23.0 Å². The van der Waals surface area contributed by atoms with Crippen molar-refractivity contribution in [3.63, 3.8) is 0 Å². The molecule has 0 spiro atoms. The number of benzene rings is 2. The number of rotatable bonds is 3. The van der Waals surface area contributed by atoms with Crippen LogP contribution in [0.1, 0.15) is 15.9 Å². The van der Waals surface area contributed by atoms with Crippen molar-refractivity contribution in [2.24, 2.45) is 7.05 Å². The number of aryl methyl sites for hydroxylation is 1. The molecule has 9 heteroatoms. The number of hydrogen-bond acceptors (Lipinski definition) is 4. The number of nitrogens with zero attached hydrogens (tertiary/aromatic N) is 5. The van der Waals surface area contributed by atoms with E-state index in [0.717, 1.165) is 12.1 Å². The largest absolute Gasteiger partial charge is 0.367 e. The van der Waals surface area contributed by atoms with Crippen LogP contribution in [0.25, 0.3) is 11.3 Å². The van der Waals surface area contributed by atoms with Crippen LogP contribution < -0.4 is 4.90 Å². The third-order valence-corrected chi connectivity index (χ3v) is 5.26. The van der Waals surface area contributed by atoms with E-state index in [4.69, 9.17) is 0 Å². The second-order valence-corrected chi connectivity index (χ2v) is 7.21. The number of nitriles is 1. The van der Waals surface area contributed by atoms with E-state index in [9.17, 15) is 23.2 Å². The lowest BCUT2D eigenvalue weighted by atomic mass is 10.1. The minimum Gasteiger partial charge on any atom is -0.367 e. The normalized spacial score (nSPS) is 13.9. The summed E-state index contributed by atoms with van der Waals surface area (Å²) in [6.45, 7) is 1.48. The smallest absolute Gasteiger partial charge is 0.257 e. The third-order valence-electron chi connectivity index (χ3n) is 5.26. The zero-order chi connectivity index (χ0) is 22.1. The van der Waals surface area contributed by atoms with E-state index in [2.05, 4.69) is 5.10 Å². The molecule has 2 aromatic carbocycles. The van der Waals surface area contributed by atoms with Gasteiger partial charge in [0.05, 0.1) is 11.3 Å². The van der Waals surface area contributed by atoms with Crippen LogP contribution in [0.15, 0.2) is 42.6 Å². The first-order valence-electron chi connectivity index (χ1n) is 9.61. The molecule has 3 aromatic rings. The number of piperazine rings is 1. The average molecular weight is 425 g/mol. The Hall–Kier alpha value is -3.80. The molecule has 0 radical (unpaired) electrons. The molecule has 1 fully saturated rings. The molecular weight excluding hydrogens is 407 g/mol. The van der Waals surface area contributed by atoms with Crippen molar-refractivity contribution >= 4 is 11.6 Å². The summed E-state index contributed by atoms with van der Waals surface area (Å²) in [5.74, 6) is -2.42. The highest BCUT2D eigenvalue weighted by Gasteiger charge is 2.28. The van der Waals surface area contributed by atoms with Crippen molar-refractivity contribution < 1.29 is 18.0 Å². The van der Waals surface area contributed by atoms with E-state index in [-0.39, 0.29) is 28.3 Å². The van der Waals surface area contributed by atoms with Gasteiger partial charge in [0.1, 0.15) is 34.8 Å². The van der Waals surface area contributed by atoms with Crippen molar-refractivity contribution in [1.29, 1.82) is 5.26 Å². The predicted molar refractivity (Wildman–Crippen MR) is 108 cm³/mol. The maximum atomic E-state index is 14.3. The predicted octanol–water partition coefficient (Wildman–Crippen LogP) is 3.34. The molecular formula is C22H18F3N5O. The summed E-state index contributed by atoms with van der Waals surface area (Å²) in [6.07, 6.45) is 1.51. The Bertz CT molecular complexity index is 1190. The minimum absolute atomic E-state index is 0.0244. The fourth-order valence-electron chi connectivity index (χ4n) is 3.73. The Morgan fingerprint density at radius 2 is 1.81 bits per heavy atom. The van der Waals surface area contributed by atoms with Gasteiger partial charge in [0.2, 0.25) is 0 Å². The SMILES string of the molecule is Cn1cc(C(=O)N2CCN(c3cccc(F)c3C#N)CC2)c(-c2ccc(F)cc2F)n1. The summed E-state index contributed by atoms with van der Waals surface area (Å²) < 4.78 is 42.9. The summed E-state index contributed by atoms with van der Waals surface area (Å²) in [5, 5.41) is 13.5. The van der Waals surface area contributed by atoms with Gasteiger partial charge in [0, 0.05) is 51.1 Å². The average Bonchev–Trinajstić information content (AvgIpc) is 3.14. The highest BCUT2D eigenvalue weighted by molar-refractivity contribution is 6.00. The quantitative estimate of drug-likeness (QED) is 0.646. The van der Waals surface area contributed by atoms with Crippen molar-refractivity contribution in [2.75, 3.05) is 31.1 Å². The van der Waals surface area contributed by atoms with Crippen LogP contribution in [0.3, 0.4) is 0 Å². The molecule has 158 valence electrons. The fourth-order valence-corrected chi connectivity index (χ4v) is 3.73. The number of amides is 1. The standard InChI is InChI=1S/C22H18F3N5O/c1-28-13-17(21(27-28)15-6-5-14(23)11-19(15)25)22(31)30-9-7-29(8-10-30)20-4-2-3-18(24)16(20)12-26/h2-6,11,13H,7-10H2,1H3. The number of carbonyl (C=O) groups excluding carboxylic acids is 1. The molecule has 31 heavy (non-hydrogen) atoms. The number of anilines is 1. The molecule has 2 heterocycles. The number of halogens is 3. The van der Waals surface area contributed by atoms with Crippen molar-refractivity contribution in [1.82, 2.24) is 14.7 Å². The van der Waals surface area contributed by atoms with Crippen molar-refractivity contribution in [3.8, 4) is 17.3 Å². The lowest BCUT2D eigenvalue weighted by molar-refractivity contribution is 0.0747. The van der Waals surface area contributed by atoms with E-state index >= 15 is 0 Å². The van der Waals surface area contributed by atoms with Crippen molar-refractivity contribution in [2.45, 2.75) is 0 Å². The molecule has 0 saturated carbocycles. The van der Waals surface area contributed by atoms with E-state index in [1.807, 2.05) is 11.0 Å². The molecule has 0 aliphatic carbocycles. The first kappa shape index (κ1) is 20.5. The van der Waals surface area contributed by atoms with Crippen molar-refractivity contribution in [3.05, 3.63) is 71.2 Å². The van der Waals surface area contributed by atoms with Crippen LogP contribution in [0.4, 0.5) is 18.9 Å². The highest BCUT2D eigenvalue weighted by atomic mass is 19.1. The Labute approximate surface area is 176 Å². The van der Waals surface area contributed by atoms with Gasteiger partial charge >= 0.3 is 0 Å². The summed E-state index contributed by atoms with van der Waals surface area (Å²) in [5.41, 5.74) is 0.866. The summed E-state index contributed by atoms with van der Waals surface area (Å²) in [4.78, 5) is 16.6. The van der Waals surface area contributed by atoms with Gasteiger partial charge in [-0.1, -0.05) is 6.07 Å². The molecule has 1 aliphatic heterocycles. The Balaban J connectivity index is 1.55. The molecule has 0 unspecified atom stereocenters. The van der Waals surface area contributed by atoms with Gasteiger partial charge in [0.15, 0.2) is 0 Å². The van der Waals surface area contributed by atoms with E-state index in [1.54, 1.807) is 24.1 Å². The van der Waals surface area contributed by atoms with Gasteiger partial charge in [-0.15, -0.1) is 0 Å². The molecule has 1 saturated heterocycles. The fraction of sp³-hybridized carbons (Fsp3) is 0.227. The second-order valence-electron chi connectivity index (χ2n) is 7.21. The van der Waals surface area contributed by atoms with E-state index < -0.39 is 17.5 Å². The lowest BCUT2D eigenvalue weighted by Gasteiger charge is -2.36. The van der Waals surface area contributed by atoms with Gasteiger partial charge < -0.3 is 9.80 Å². The third kappa shape index (κ3) is 3.84. The number of hydrogen-bond donors (Lipinski definition) is 0.